The molecule has 0 aromatic heterocycles. The number of nitrogens with one attached hydrogen (secondary N) is 2. The minimum atomic E-state index is -0.587. The van der Waals surface area contributed by atoms with Crippen LogP contribution in [0.1, 0.15) is 52.7 Å². The Morgan fingerprint density at radius 2 is 1.84 bits per heavy atom. The number of rotatable bonds is 6. The molecule has 1 atom stereocenters. The SMILES string of the molecule is NCC1(c2ccccc2)CC(NCc2cccc3c2C(=O)N(C2CCC(=O)NC2=O)C3)C1. The second-order valence-corrected chi connectivity index (χ2v) is 9.19. The first-order valence-corrected chi connectivity index (χ1v) is 11.3. The molecule has 1 aliphatic carbocycles. The molecule has 1 saturated heterocycles. The van der Waals surface area contributed by atoms with Crippen molar-refractivity contribution in [1.29, 1.82) is 0 Å². The van der Waals surface area contributed by atoms with Crippen molar-refractivity contribution in [3.05, 3.63) is 70.8 Å². The van der Waals surface area contributed by atoms with Gasteiger partial charge in [0.25, 0.3) is 5.91 Å². The topological polar surface area (TPSA) is 105 Å². The lowest BCUT2D eigenvalue weighted by Crippen LogP contribution is -2.55. The Bertz CT molecular complexity index is 1060. The average Bonchev–Trinajstić information content (AvgIpc) is 3.11. The van der Waals surface area contributed by atoms with Crippen molar-refractivity contribution in [3.8, 4) is 0 Å². The highest BCUT2D eigenvalue weighted by Gasteiger charge is 2.44. The van der Waals surface area contributed by atoms with E-state index in [-0.39, 0.29) is 29.6 Å². The van der Waals surface area contributed by atoms with Gasteiger partial charge in [-0.1, -0.05) is 48.5 Å². The summed E-state index contributed by atoms with van der Waals surface area (Å²) in [5, 5.41) is 5.96. The van der Waals surface area contributed by atoms with Crippen LogP contribution in [0, 0.1) is 0 Å². The quantitative estimate of drug-likeness (QED) is 0.602. The van der Waals surface area contributed by atoms with Gasteiger partial charge in [-0.05, 0) is 36.0 Å². The third-order valence-corrected chi connectivity index (χ3v) is 7.27. The number of benzene rings is 2. The van der Waals surface area contributed by atoms with Crippen LogP contribution in [0.15, 0.2) is 48.5 Å². The largest absolute Gasteiger partial charge is 0.330 e. The summed E-state index contributed by atoms with van der Waals surface area (Å²) in [4.78, 5) is 38.6. The number of carbonyl (C=O) groups excluding carboxylic acids is 3. The third kappa shape index (κ3) is 3.51. The number of amides is 3. The zero-order valence-electron chi connectivity index (χ0n) is 18.0. The molecule has 4 N–H and O–H groups in total. The van der Waals surface area contributed by atoms with E-state index < -0.39 is 6.04 Å². The number of imide groups is 1. The number of carbonyl (C=O) groups is 3. The zero-order chi connectivity index (χ0) is 22.3. The van der Waals surface area contributed by atoms with Crippen molar-refractivity contribution >= 4 is 17.7 Å². The molecule has 0 spiro atoms. The minimum absolute atomic E-state index is 0.0238. The predicted molar refractivity (Wildman–Crippen MR) is 120 cm³/mol. The smallest absolute Gasteiger partial charge is 0.255 e. The van der Waals surface area contributed by atoms with Crippen molar-refractivity contribution in [1.82, 2.24) is 15.5 Å². The van der Waals surface area contributed by atoms with Gasteiger partial charge in [0.15, 0.2) is 0 Å². The van der Waals surface area contributed by atoms with E-state index in [1.54, 1.807) is 4.90 Å². The molecule has 2 aromatic carbocycles. The molecule has 2 aromatic rings. The first-order chi connectivity index (χ1) is 15.5. The molecule has 5 rings (SSSR count). The Morgan fingerprint density at radius 3 is 2.56 bits per heavy atom. The summed E-state index contributed by atoms with van der Waals surface area (Å²) in [6, 6.07) is 16.1. The van der Waals surface area contributed by atoms with Gasteiger partial charge >= 0.3 is 0 Å². The molecule has 2 aliphatic heterocycles. The second kappa shape index (κ2) is 8.15. The van der Waals surface area contributed by atoms with E-state index in [1.807, 2.05) is 24.3 Å². The van der Waals surface area contributed by atoms with Crippen LogP contribution in [0.5, 0.6) is 0 Å². The van der Waals surface area contributed by atoms with Gasteiger partial charge in [-0.3, -0.25) is 19.7 Å². The highest BCUT2D eigenvalue weighted by Crippen LogP contribution is 2.43. The van der Waals surface area contributed by atoms with Crippen LogP contribution in [0.25, 0.3) is 0 Å². The van der Waals surface area contributed by atoms with E-state index in [4.69, 9.17) is 5.73 Å². The second-order valence-electron chi connectivity index (χ2n) is 9.19. The van der Waals surface area contributed by atoms with E-state index in [0.717, 1.165) is 24.0 Å². The fourth-order valence-electron chi connectivity index (χ4n) is 5.43. The maximum atomic E-state index is 13.2. The van der Waals surface area contributed by atoms with Gasteiger partial charge in [0.1, 0.15) is 6.04 Å². The lowest BCUT2D eigenvalue weighted by atomic mass is 9.61. The summed E-state index contributed by atoms with van der Waals surface area (Å²) in [6.45, 7) is 1.62. The summed E-state index contributed by atoms with van der Waals surface area (Å²) in [5.41, 5.74) is 10.0. The highest BCUT2D eigenvalue weighted by atomic mass is 16.2. The van der Waals surface area contributed by atoms with Gasteiger partial charge in [-0.2, -0.15) is 0 Å². The maximum absolute atomic E-state index is 13.2. The lowest BCUT2D eigenvalue weighted by Gasteiger charge is -2.48. The molecule has 7 nitrogen and oxygen atoms in total. The summed E-state index contributed by atoms with van der Waals surface area (Å²) in [6.07, 6.45) is 2.58. The summed E-state index contributed by atoms with van der Waals surface area (Å²) < 4.78 is 0. The molecule has 2 fully saturated rings. The monoisotopic (exact) mass is 432 g/mol. The van der Waals surface area contributed by atoms with Crippen LogP contribution >= 0.6 is 0 Å². The van der Waals surface area contributed by atoms with Crippen molar-refractivity contribution in [2.45, 2.75) is 56.3 Å². The number of nitrogens with two attached hydrogens (primary N) is 1. The molecule has 32 heavy (non-hydrogen) atoms. The molecule has 166 valence electrons. The first kappa shape index (κ1) is 20.8. The van der Waals surface area contributed by atoms with Crippen molar-refractivity contribution in [3.63, 3.8) is 0 Å². The number of hydrogen-bond donors (Lipinski definition) is 3. The van der Waals surface area contributed by atoms with Crippen molar-refractivity contribution in [2.24, 2.45) is 5.73 Å². The molecule has 0 radical (unpaired) electrons. The molecular weight excluding hydrogens is 404 g/mol. The Balaban J connectivity index is 1.25. The average molecular weight is 433 g/mol. The molecule has 7 heteroatoms. The molecule has 3 amide bonds. The van der Waals surface area contributed by atoms with Gasteiger partial charge in [0.05, 0.1) is 0 Å². The Hall–Kier alpha value is -3.03. The molecule has 1 saturated carbocycles. The standard InChI is InChI=1S/C25H28N4O3/c26-15-25(18-7-2-1-3-8-18)11-19(12-25)27-13-16-5-4-6-17-14-29(24(32)22(16)17)20-9-10-21(30)28-23(20)31/h1-8,19-20,27H,9-15,26H2,(H,28,30,31). The molecule has 0 bridgehead atoms. The van der Waals surface area contributed by atoms with Gasteiger partial charge in [0.2, 0.25) is 11.8 Å². The van der Waals surface area contributed by atoms with E-state index >= 15 is 0 Å². The van der Waals surface area contributed by atoms with Crippen LogP contribution in [0.4, 0.5) is 0 Å². The Morgan fingerprint density at radius 1 is 1.06 bits per heavy atom. The molecule has 3 aliphatic rings. The summed E-state index contributed by atoms with van der Waals surface area (Å²) in [7, 11) is 0. The third-order valence-electron chi connectivity index (χ3n) is 7.27. The van der Waals surface area contributed by atoms with E-state index in [9.17, 15) is 14.4 Å². The lowest BCUT2D eigenvalue weighted by molar-refractivity contribution is -0.136. The predicted octanol–water partition coefficient (Wildman–Crippen LogP) is 1.60. The minimum Gasteiger partial charge on any atom is -0.330 e. The number of hydrogen-bond acceptors (Lipinski definition) is 5. The van der Waals surface area contributed by atoms with Crippen LogP contribution in [0.3, 0.4) is 0 Å². The Kier molecular flexibility index (Phi) is 5.31. The zero-order valence-corrected chi connectivity index (χ0v) is 18.0. The normalized spacial score (nSPS) is 27.2. The van der Waals surface area contributed by atoms with Crippen molar-refractivity contribution < 1.29 is 14.4 Å². The fourth-order valence-corrected chi connectivity index (χ4v) is 5.43. The van der Waals surface area contributed by atoms with Crippen molar-refractivity contribution in [2.75, 3.05) is 6.54 Å². The van der Waals surface area contributed by atoms with Crippen LogP contribution < -0.4 is 16.4 Å². The molecule has 1 unspecified atom stereocenters. The molecule has 2 heterocycles. The van der Waals surface area contributed by atoms with E-state index in [0.29, 0.717) is 37.7 Å². The van der Waals surface area contributed by atoms with Gasteiger partial charge < -0.3 is 16.0 Å². The molecular formula is C25H28N4O3. The summed E-state index contributed by atoms with van der Waals surface area (Å²) in [5.74, 6) is -0.776. The first-order valence-electron chi connectivity index (χ1n) is 11.3. The Labute approximate surface area is 187 Å². The van der Waals surface area contributed by atoms with E-state index in [2.05, 4.69) is 34.9 Å². The van der Waals surface area contributed by atoms with E-state index in [1.165, 1.54) is 5.56 Å². The fraction of sp³-hybridized carbons (Fsp3) is 0.400. The van der Waals surface area contributed by atoms with Gasteiger partial charge in [0, 0.05) is 43.1 Å². The highest BCUT2D eigenvalue weighted by molar-refractivity contribution is 6.06. The summed E-state index contributed by atoms with van der Waals surface area (Å²) >= 11 is 0. The maximum Gasteiger partial charge on any atom is 0.255 e. The van der Waals surface area contributed by atoms with Gasteiger partial charge in [-0.15, -0.1) is 0 Å². The number of fused-ring (bicyclic) bond motifs is 1. The van der Waals surface area contributed by atoms with Crippen LogP contribution in [0.2, 0.25) is 0 Å². The van der Waals surface area contributed by atoms with Gasteiger partial charge in [-0.25, -0.2) is 0 Å². The number of piperidine rings is 1. The number of nitrogens with zero attached hydrogens (tertiary/aromatic N) is 1. The van der Waals surface area contributed by atoms with Crippen LogP contribution in [-0.2, 0) is 28.1 Å². The van der Waals surface area contributed by atoms with Crippen LogP contribution in [-0.4, -0.2) is 41.2 Å².